The average Bonchev–Trinajstić information content (AvgIpc) is 2.67. The zero-order chi connectivity index (χ0) is 20.3. The minimum atomic E-state index is -0.523. The first-order valence-corrected chi connectivity index (χ1v) is 9.77. The number of nitrogens with zero attached hydrogens (tertiary/aromatic N) is 4. The second-order valence-corrected chi connectivity index (χ2v) is 7.44. The number of unbranched alkanes of at least 4 members (excludes halogenated alkanes) is 1. The van der Waals surface area contributed by atoms with Gasteiger partial charge in [0.1, 0.15) is 5.82 Å². The minimum absolute atomic E-state index is 0.111. The molecule has 0 amide bonds. The molecule has 144 valence electrons. The maximum atomic E-state index is 13.0. The average molecular weight is 464 g/mol. The molecule has 2 aromatic carbocycles. The van der Waals surface area contributed by atoms with Crippen LogP contribution in [-0.4, -0.2) is 20.8 Å². The van der Waals surface area contributed by atoms with Crippen LogP contribution in [0.25, 0.3) is 10.9 Å². The number of aryl methyl sites for hydroxylation is 1. The van der Waals surface area contributed by atoms with Gasteiger partial charge in [0.15, 0.2) is 0 Å². The molecule has 0 saturated heterocycles. The van der Waals surface area contributed by atoms with E-state index in [0.717, 1.165) is 17.3 Å². The van der Waals surface area contributed by atoms with Crippen molar-refractivity contribution >= 4 is 50.3 Å². The third-order valence-electron chi connectivity index (χ3n) is 4.14. The second kappa shape index (κ2) is 8.62. The number of aromatic nitrogens is 2. The molecule has 0 aliphatic carbocycles. The third-order valence-corrected chi connectivity index (χ3v) is 4.96. The summed E-state index contributed by atoms with van der Waals surface area (Å²) in [6, 6.07) is 9.41. The summed E-state index contributed by atoms with van der Waals surface area (Å²) in [5.74, 6) is 0.552. The number of hydrogen-bond acceptors (Lipinski definition) is 5. The Morgan fingerprint density at radius 2 is 2.11 bits per heavy atom. The first-order valence-electron chi connectivity index (χ1n) is 8.60. The second-order valence-electron chi connectivity index (χ2n) is 6.12. The van der Waals surface area contributed by atoms with Gasteiger partial charge in [-0.2, -0.15) is 9.78 Å². The quantitative estimate of drug-likeness (QED) is 0.294. The molecule has 7 nitrogen and oxygen atoms in total. The summed E-state index contributed by atoms with van der Waals surface area (Å²) in [6.45, 7) is 2.06. The van der Waals surface area contributed by atoms with Crippen molar-refractivity contribution in [3.05, 3.63) is 77.7 Å². The van der Waals surface area contributed by atoms with E-state index in [0.29, 0.717) is 28.7 Å². The Balaban J connectivity index is 2.10. The van der Waals surface area contributed by atoms with Crippen molar-refractivity contribution in [2.45, 2.75) is 26.2 Å². The number of rotatable bonds is 6. The fourth-order valence-corrected chi connectivity index (χ4v) is 3.25. The first kappa shape index (κ1) is 20.2. The van der Waals surface area contributed by atoms with Gasteiger partial charge >= 0.3 is 0 Å². The summed E-state index contributed by atoms with van der Waals surface area (Å²) < 4.78 is 2.04. The molecule has 1 heterocycles. The van der Waals surface area contributed by atoms with Gasteiger partial charge in [0, 0.05) is 28.6 Å². The molecule has 0 radical (unpaired) electrons. The van der Waals surface area contributed by atoms with Crippen LogP contribution in [0.3, 0.4) is 0 Å². The number of benzene rings is 2. The molecule has 0 fully saturated rings. The molecule has 0 aliphatic heterocycles. The topological polar surface area (TPSA) is 90.4 Å². The maximum Gasteiger partial charge on any atom is 0.282 e. The fraction of sp³-hybridized carbons (Fsp3) is 0.211. The van der Waals surface area contributed by atoms with E-state index in [4.69, 9.17) is 11.6 Å². The smallest absolute Gasteiger partial charge is 0.267 e. The highest BCUT2D eigenvalue weighted by molar-refractivity contribution is 9.10. The summed E-state index contributed by atoms with van der Waals surface area (Å²) in [4.78, 5) is 27.9. The van der Waals surface area contributed by atoms with Gasteiger partial charge in [-0.3, -0.25) is 14.9 Å². The van der Waals surface area contributed by atoms with E-state index in [1.54, 1.807) is 12.1 Å². The van der Waals surface area contributed by atoms with Crippen molar-refractivity contribution in [2.24, 2.45) is 5.10 Å². The van der Waals surface area contributed by atoms with Crippen molar-refractivity contribution < 1.29 is 4.92 Å². The van der Waals surface area contributed by atoms with Crippen molar-refractivity contribution in [2.75, 3.05) is 0 Å². The number of halogens is 2. The van der Waals surface area contributed by atoms with Gasteiger partial charge in [0.25, 0.3) is 11.2 Å². The maximum absolute atomic E-state index is 13.0. The highest BCUT2D eigenvalue weighted by atomic mass is 79.9. The Morgan fingerprint density at radius 1 is 1.32 bits per heavy atom. The number of nitro groups is 1. The number of hydrogen-bond donors (Lipinski definition) is 0. The van der Waals surface area contributed by atoms with Crippen LogP contribution in [0.15, 0.2) is 50.8 Å². The lowest BCUT2D eigenvalue weighted by Gasteiger charge is -2.09. The van der Waals surface area contributed by atoms with Gasteiger partial charge in [0.2, 0.25) is 0 Å². The van der Waals surface area contributed by atoms with E-state index in [2.05, 4.69) is 32.9 Å². The van der Waals surface area contributed by atoms with Crippen LogP contribution in [-0.2, 0) is 6.42 Å². The van der Waals surface area contributed by atoms with Gasteiger partial charge < -0.3 is 0 Å². The minimum Gasteiger partial charge on any atom is -0.267 e. The predicted octanol–water partition coefficient (Wildman–Crippen LogP) is 4.95. The molecule has 0 aliphatic rings. The number of nitro benzene ring substituents is 1. The Labute approximate surface area is 173 Å². The van der Waals surface area contributed by atoms with E-state index < -0.39 is 4.92 Å². The van der Waals surface area contributed by atoms with Crippen LogP contribution in [0.4, 0.5) is 5.69 Å². The molecule has 9 heteroatoms. The number of fused-ring (bicyclic) bond motifs is 1. The number of non-ortho nitro benzene ring substituents is 1. The lowest BCUT2D eigenvalue weighted by Crippen LogP contribution is -2.22. The van der Waals surface area contributed by atoms with E-state index in [-0.39, 0.29) is 16.3 Å². The molecule has 3 aromatic rings. The van der Waals surface area contributed by atoms with Crippen molar-refractivity contribution in [1.82, 2.24) is 9.66 Å². The standard InChI is InChI=1S/C19H16BrClN4O3/c1-2-3-4-18-23-17-8-6-13(20)9-15(17)19(26)24(18)22-11-12-5-7-14(25(27)28)10-16(12)21/h5-11H,2-4H2,1H3. The molecule has 0 bridgehead atoms. The summed E-state index contributed by atoms with van der Waals surface area (Å²) in [5.41, 5.74) is 0.681. The van der Waals surface area contributed by atoms with Gasteiger partial charge in [-0.05, 0) is 30.7 Å². The normalized spacial score (nSPS) is 11.4. The third kappa shape index (κ3) is 4.28. The Hall–Kier alpha value is -2.58. The molecular weight excluding hydrogens is 448 g/mol. The van der Waals surface area contributed by atoms with Crippen LogP contribution in [0.1, 0.15) is 31.2 Å². The zero-order valence-electron chi connectivity index (χ0n) is 14.9. The molecule has 3 rings (SSSR count). The zero-order valence-corrected chi connectivity index (χ0v) is 17.3. The molecule has 0 atom stereocenters. The lowest BCUT2D eigenvalue weighted by atomic mass is 10.2. The Bertz CT molecular complexity index is 1140. The monoisotopic (exact) mass is 462 g/mol. The molecule has 0 saturated carbocycles. The van der Waals surface area contributed by atoms with Gasteiger partial charge in [0.05, 0.1) is 27.1 Å². The van der Waals surface area contributed by atoms with E-state index in [1.807, 2.05) is 6.07 Å². The van der Waals surface area contributed by atoms with Crippen LogP contribution < -0.4 is 5.56 Å². The molecule has 1 aromatic heterocycles. The Morgan fingerprint density at radius 3 is 2.79 bits per heavy atom. The highest BCUT2D eigenvalue weighted by Crippen LogP contribution is 2.21. The van der Waals surface area contributed by atoms with Crippen molar-refractivity contribution in [1.29, 1.82) is 0 Å². The van der Waals surface area contributed by atoms with Crippen LogP contribution in [0.2, 0.25) is 5.02 Å². The van der Waals surface area contributed by atoms with Crippen LogP contribution in [0, 0.1) is 10.1 Å². The van der Waals surface area contributed by atoms with Crippen molar-refractivity contribution in [3.63, 3.8) is 0 Å². The molecular formula is C19H16BrClN4O3. The van der Waals surface area contributed by atoms with Gasteiger partial charge in [-0.25, -0.2) is 4.98 Å². The van der Waals surface area contributed by atoms with E-state index in [9.17, 15) is 14.9 Å². The lowest BCUT2D eigenvalue weighted by molar-refractivity contribution is -0.384. The van der Waals surface area contributed by atoms with Gasteiger partial charge in [-0.1, -0.05) is 40.9 Å². The first-order chi connectivity index (χ1) is 13.4. The molecule has 0 unspecified atom stereocenters. The largest absolute Gasteiger partial charge is 0.282 e. The molecule has 0 N–H and O–H groups in total. The summed E-state index contributed by atoms with van der Waals surface area (Å²) in [5, 5.41) is 15.8. The molecule has 28 heavy (non-hydrogen) atoms. The highest BCUT2D eigenvalue weighted by Gasteiger charge is 2.12. The predicted molar refractivity (Wildman–Crippen MR) is 113 cm³/mol. The summed E-state index contributed by atoms with van der Waals surface area (Å²) in [6.07, 6.45) is 3.83. The Kier molecular flexibility index (Phi) is 6.21. The summed E-state index contributed by atoms with van der Waals surface area (Å²) >= 11 is 9.48. The van der Waals surface area contributed by atoms with Crippen LogP contribution in [0.5, 0.6) is 0 Å². The van der Waals surface area contributed by atoms with E-state index in [1.165, 1.54) is 29.1 Å². The molecule has 0 spiro atoms. The van der Waals surface area contributed by atoms with Gasteiger partial charge in [-0.15, -0.1) is 0 Å². The van der Waals surface area contributed by atoms with Crippen LogP contribution >= 0.6 is 27.5 Å². The summed E-state index contributed by atoms with van der Waals surface area (Å²) in [7, 11) is 0. The van der Waals surface area contributed by atoms with Crippen molar-refractivity contribution in [3.8, 4) is 0 Å². The fourth-order valence-electron chi connectivity index (χ4n) is 2.66. The SMILES string of the molecule is CCCCc1nc2ccc(Br)cc2c(=O)n1N=Cc1ccc([N+](=O)[O-])cc1Cl. The van der Waals surface area contributed by atoms with E-state index >= 15 is 0 Å².